The molecule has 2 rings (SSSR count). The van der Waals surface area contributed by atoms with Gasteiger partial charge in [0, 0.05) is 30.5 Å². The summed E-state index contributed by atoms with van der Waals surface area (Å²) in [5.41, 5.74) is 9.34. The van der Waals surface area contributed by atoms with Crippen molar-refractivity contribution in [1.29, 1.82) is 0 Å². The van der Waals surface area contributed by atoms with Crippen molar-refractivity contribution in [2.24, 2.45) is 0 Å². The minimum absolute atomic E-state index is 0.175. The molecule has 2 aromatic rings. The van der Waals surface area contributed by atoms with E-state index in [1.165, 1.54) is 6.07 Å². The summed E-state index contributed by atoms with van der Waals surface area (Å²) < 4.78 is 13.6. The van der Waals surface area contributed by atoms with E-state index in [1.54, 1.807) is 12.1 Å². The fraction of sp³-hybridized carbons (Fsp3) is 0.200. The second kappa shape index (κ2) is 5.08. The number of anilines is 2. The van der Waals surface area contributed by atoms with Crippen molar-refractivity contribution < 1.29 is 4.39 Å². The predicted molar refractivity (Wildman–Crippen MR) is 74.1 cm³/mol. The monoisotopic (exact) mass is 244 g/mol. The van der Waals surface area contributed by atoms with Gasteiger partial charge >= 0.3 is 0 Å². The molecule has 0 aliphatic heterocycles. The lowest BCUT2D eigenvalue weighted by Crippen LogP contribution is -2.18. The van der Waals surface area contributed by atoms with Crippen LogP contribution in [0.3, 0.4) is 0 Å². The number of hydrogen-bond acceptors (Lipinski definition) is 2. The fourth-order valence-electron chi connectivity index (χ4n) is 2.00. The zero-order valence-corrected chi connectivity index (χ0v) is 10.7. The summed E-state index contributed by atoms with van der Waals surface area (Å²) in [6.07, 6.45) is 0. The average Bonchev–Trinajstić information content (AvgIpc) is 2.35. The van der Waals surface area contributed by atoms with E-state index in [1.807, 2.05) is 43.1 Å². The maximum atomic E-state index is 13.6. The molecule has 2 N–H and O–H groups in total. The van der Waals surface area contributed by atoms with Gasteiger partial charge in [0.05, 0.1) is 0 Å². The summed E-state index contributed by atoms with van der Waals surface area (Å²) in [5, 5.41) is 0. The molecule has 0 heterocycles. The second-order valence-electron chi connectivity index (χ2n) is 4.49. The lowest BCUT2D eigenvalue weighted by Gasteiger charge is -2.22. The molecule has 0 saturated heterocycles. The summed E-state index contributed by atoms with van der Waals surface area (Å²) in [6.45, 7) is 2.55. The van der Waals surface area contributed by atoms with Crippen molar-refractivity contribution in [2.45, 2.75) is 13.5 Å². The second-order valence-corrected chi connectivity index (χ2v) is 4.49. The Bertz CT molecular complexity index is 552. The summed E-state index contributed by atoms with van der Waals surface area (Å²) in [6, 6.07) is 12.6. The molecule has 0 atom stereocenters. The third-order valence-electron chi connectivity index (χ3n) is 3.01. The molecule has 0 aliphatic carbocycles. The van der Waals surface area contributed by atoms with E-state index in [0.29, 0.717) is 12.1 Å². The van der Waals surface area contributed by atoms with Crippen LogP contribution >= 0.6 is 0 Å². The Kier molecular flexibility index (Phi) is 3.51. The van der Waals surface area contributed by atoms with Gasteiger partial charge in [-0.2, -0.15) is 0 Å². The van der Waals surface area contributed by atoms with E-state index < -0.39 is 0 Å². The third kappa shape index (κ3) is 2.62. The van der Waals surface area contributed by atoms with Gasteiger partial charge in [0.1, 0.15) is 5.82 Å². The minimum atomic E-state index is -0.175. The zero-order chi connectivity index (χ0) is 13.1. The Morgan fingerprint density at radius 2 is 1.89 bits per heavy atom. The van der Waals surface area contributed by atoms with E-state index in [2.05, 4.69) is 0 Å². The van der Waals surface area contributed by atoms with Crippen LogP contribution in [0.1, 0.15) is 11.1 Å². The molecule has 94 valence electrons. The normalized spacial score (nSPS) is 10.4. The molecular weight excluding hydrogens is 227 g/mol. The molecule has 0 fully saturated rings. The lowest BCUT2D eigenvalue weighted by molar-refractivity contribution is 0.608. The molecule has 2 nitrogen and oxygen atoms in total. The molecule has 2 aromatic carbocycles. The van der Waals surface area contributed by atoms with Gasteiger partial charge in [-0.05, 0) is 30.7 Å². The van der Waals surface area contributed by atoms with Crippen molar-refractivity contribution in [3.63, 3.8) is 0 Å². The average molecular weight is 244 g/mol. The standard InChI is InChI=1S/C15H17FN2/c1-11-7-8-13(17)9-15(11)18(2)10-12-5-3-4-6-14(12)16/h3-9H,10,17H2,1-2H3. The number of aryl methyl sites for hydroxylation is 1. The first kappa shape index (κ1) is 12.4. The third-order valence-corrected chi connectivity index (χ3v) is 3.01. The van der Waals surface area contributed by atoms with Crippen LogP contribution < -0.4 is 10.6 Å². The van der Waals surface area contributed by atoms with Crippen LogP contribution in [0, 0.1) is 12.7 Å². The molecule has 0 unspecified atom stereocenters. The summed E-state index contributed by atoms with van der Waals surface area (Å²) in [5.74, 6) is -0.175. The molecule has 0 bridgehead atoms. The van der Waals surface area contributed by atoms with Gasteiger partial charge in [-0.1, -0.05) is 24.3 Å². The van der Waals surface area contributed by atoms with Crippen LogP contribution in [0.4, 0.5) is 15.8 Å². The van der Waals surface area contributed by atoms with Gasteiger partial charge in [-0.3, -0.25) is 0 Å². The maximum absolute atomic E-state index is 13.6. The number of nitrogens with two attached hydrogens (primary N) is 1. The van der Waals surface area contributed by atoms with Gasteiger partial charge in [0.25, 0.3) is 0 Å². The van der Waals surface area contributed by atoms with Crippen molar-refractivity contribution >= 4 is 11.4 Å². The molecule has 0 aliphatic rings. The summed E-state index contributed by atoms with van der Waals surface area (Å²) in [7, 11) is 1.94. The van der Waals surface area contributed by atoms with Gasteiger partial charge in [-0.15, -0.1) is 0 Å². The summed E-state index contributed by atoms with van der Waals surface area (Å²) in [4.78, 5) is 2.00. The first-order valence-electron chi connectivity index (χ1n) is 5.88. The van der Waals surface area contributed by atoms with Crippen molar-refractivity contribution in [3.8, 4) is 0 Å². The van der Waals surface area contributed by atoms with Crippen molar-refractivity contribution in [3.05, 3.63) is 59.4 Å². The first-order chi connectivity index (χ1) is 8.58. The molecule has 3 heteroatoms. The summed E-state index contributed by atoms with van der Waals surface area (Å²) >= 11 is 0. The Morgan fingerprint density at radius 1 is 1.17 bits per heavy atom. The highest BCUT2D eigenvalue weighted by atomic mass is 19.1. The van der Waals surface area contributed by atoms with E-state index in [4.69, 9.17) is 5.73 Å². The van der Waals surface area contributed by atoms with E-state index in [-0.39, 0.29) is 5.82 Å². The maximum Gasteiger partial charge on any atom is 0.128 e. The number of rotatable bonds is 3. The largest absolute Gasteiger partial charge is 0.399 e. The molecule has 0 aromatic heterocycles. The number of nitrogen functional groups attached to an aromatic ring is 1. The predicted octanol–water partition coefficient (Wildman–Crippen LogP) is 3.35. The van der Waals surface area contributed by atoms with E-state index in [0.717, 1.165) is 16.9 Å². The highest BCUT2D eigenvalue weighted by molar-refractivity contribution is 5.60. The Morgan fingerprint density at radius 3 is 2.61 bits per heavy atom. The number of benzene rings is 2. The number of halogens is 1. The molecular formula is C15H17FN2. The van der Waals surface area contributed by atoms with Crippen LogP contribution in [-0.2, 0) is 6.54 Å². The smallest absolute Gasteiger partial charge is 0.128 e. The van der Waals surface area contributed by atoms with Gasteiger partial charge in [0.15, 0.2) is 0 Å². The van der Waals surface area contributed by atoms with E-state index in [9.17, 15) is 4.39 Å². The zero-order valence-electron chi connectivity index (χ0n) is 10.7. The van der Waals surface area contributed by atoms with Gasteiger partial charge in [0.2, 0.25) is 0 Å². The fourth-order valence-corrected chi connectivity index (χ4v) is 2.00. The van der Waals surface area contributed by atoms with Crippen LogP contribution in [0.2, 0.25) is 0 Å². The highest BCUT2D eigenvalue weighted by Gasteiger charge is 2.08. The topological polar surface area (TPSA) is 29.3 Å². The SMILES string of the molecule is Cc1ccc(N)cc1N(C)Cc1ccccc1F. The number of nitrogens with zero attached hydrogens (tertiary/aromatic N) is 1. The van der Waals surface area contributed by atoms with Crippen LogP contribution in [0.15, 0.2) is 42.5 Å². The van der Waals surface area contributed by atoms with E-state index >= 15 is 0 Å². The molecule has 0 amide bonds. The molecule has 18 heavy (non-hydrogen) atoms. The minimum Gasteiger partial charge on any atom is -0.399 e. The van der Waals surface area contributed by atoms with Crippen molar-refractivity contribution in [2.75, 3.05) is 17.7 Å². The molecule has 0 spiro atoms. The number of hydrogen-bond donors (Lipinski definition) is 1. The first-order valence-corrected chi connectivity index (χ1v) is 5.88. The van der Waals surface area contributed by atoms with Gasteiger partial charge < -0.3 is 10.6 Å². The Hall–Kier alpha value is -2.03. The molecule has 0 saturated carbocycles. The highest BCUT2D eigenvalue weighted by Crippen LogP contribution is 2.23. The van der Waals surface area contributed by atoms with Gasteiger partial charge in [-0.25, -0.2) is 4.39 Å². The van der Waals surface area contributed by atoms with Crippen LogP contribution in [0.25, 0.3) is 0 Å². The van der Waals surface area contributed by atoms with Crippen LogP contribution in [0.5, 0.6) is 0 Å². The van der Waals surface area contributed by atoms with Crippen molar-refractivity contribution in [1.82, 2.24) is 0 Å². The quantitative estimate of drug-likeness (QED) is 0.839. The molecule has 0 radical (unpaired) electrons. The Balaban J connectivity index is 2.25. The Labute approximate surface area is 107 Å². The van der Waals surface area contributed by atoms with Crippen LogP contribution in [-0.4, -0.2) is 7.05 Å². The lowest BCUT2D eigenvalue weighted by atomic mass is 10.1.